The highest BCUT2D eigenvalue weighted by Gasteiger charge is 2.30. The van der Waals surface area contributed by atoms with Crippen LogP contribution in [0.1, 0.15) is 19.4 Å². The summed E-state index contributed by atoms with van der Waals surface area (Å²) < 4.78 is 37.3. The second-order valence-electron chi connectivity index (χ2n) is 6.63. The molecule has 0 aliphatic carbocycles. The van der Waals surface area contributed by atoms with Crippen LogP contribution in [-0.2, 0) is 19.6 Å². The minimum atomic E-state index is -3.82. The predicted molar refractivity (Wildman–Crippen MR) is 107 cm³/mol. The highest BCUT2D eigenvalue weighted by Crippen LogP contribution is 2.23. The smallest absolute Gasteiger partial charge is 0.409 e. The molecule has 1 aromatic rings. The van der Waals surface area contributed by atoms with Gasteiger partial charge in [0.1, 0.15) is 5.75 Å². The van der Waals surface area contributed by atoms with E-state index in [0.29, 0.717) is 44.1 Å². The summed E-state index contributed by atoms with van der Waals surface area (Å²) in [5, 5.41) is 0. The first kappa shape index (κ1) is 23.0. The van der Waals surface area contributed by atoms with Gasteiger partial charge in [-0.1, -0.05) is 6.92 Å². The number of carbonyl (C=O) groups is 2. The second kappa shape index (κ2) is 9.93. The fourth-order valence-electron chi connectivity index (χ4n) is 3.13. The van der Waals surface area contributed by atoms with E-state index >= 15 is 0 Å². The summed E-state index contributed by atoms with van der Waals surface area (Å²) in [6, 6.07) is 4.62. The number of carbonyl (C=O) groups excluding carboxylic acids is 2. The van der Waals surface area contributed by atoms with Crippen LogP contribution in [0.4, 0.5) is 4.79 Å². The normalized spacial score (nSPS) is 14.8. The number of hydrogen-bond acceptors (Lipinski definition) is 6. The maximum absolute atomic E-state index is 13.0. The number of piperazine rings is 1. The van der Waals surface area contributed by atoms with Crippen LogP contribution >= 0.6 is 0 Å². The monoisotopic (exact) mass is 427 g/mol. The van der Waals surface area contributed by atoms with Gasteiger partial charge in [0, 0.05) is 32.7 Å². The molecule has 0 spiro atoms. The van der Waals surface area contributed by atoms with Crippen molar-refractivity contribution in [3.05, 3.63) is 23.8 Å². The van der Waals surface area contributed by atoms with E-state index in [1.165, 1.54) is 13.2 Å². The number of sulfonamides is 1. The molecule has 9 nitrogen and oxygen atoms in total. The quantitative estimate of drug-likeness (QED) is 0.651. The standard InChI is InChI=1S/C19H29N3O6S/c1-5-22(29(25,26)16-7-8-17(27-4)15(3)13-16)14-18(23)20-9-11-21(12-10-20)19(24)28-6-2/h7-8,13H,5-6,9-12,14H2,1-4H3. The van der Waals surface area contributed by atoms with E-state index in [0.717, 1.165) is 4.31 Å². The Morgan fingerprint density at radius 1 is 1.10 bits per heavy atom. The van der Waals surface area contributed by atoms with E-state index in [9.17, 15) is 18.0 Å². The topological polar surface area (TPSA) is 96.5 Å². The van der Waals surface area contributed by atoms with Gasteiger partial charge < -0.3 is 19.3 Å². The Kier molecular flexibility index (Phi) is 7.86. The molecule has 0 aromatic heterocycles. The summed E-state index contributed by atoms with van der Waals surface area (Å²) in [5.74, 6) is 0.312. The van der Waals surface area contributed by atoms with Crippen LogP contribution in [0.15, 0.2) is 23.1 Å². The number of likely N-dealkylation sites (N-methyl/N-ethyl adjacent to an activating group) is 1. The fraction of sp³-hybridized carbons (Fsp3) is 0.579. The lowest BCUT2D eigenvalue weighted by Crippen LogP contribution is -2.53. The Bertz CT molecular complexity index is 834. The molecule has 162 valence electrons. The molecule has 1 aliphatic rings. The molecule has 2 rings (SSSR count). The second-order valence-corrected chi connectivity index (χ2v) is 8.57. The molecule has 2 amide bonds. The molecule has 10 heteroatoms. The molecule has 0 bridgehead atoms. The molecule has 1 saturated heterocycles. The molecule has 1 heterocycles. The molecular weight excluding hydrogens is 398 g/mol. The Morgan fingerprint density at radius 3 is 2.24 bits per heavy atom. The average molecular weight is 428 g/mol. The first-order chi connectivity index (χ1) is 13.7. The lowest BCUT2D eigenvalue weighted by atomic mass is 10.2. The molecule has 1 aliphatic heterocycles. The van der Waals surface area contributed by atoms with Gasteiger partial charge >= 0.3 is 6.09 Å². The molecule has 0 atom stereocenters. The fourth-order valence-corrected chi connectivity index (χ4v) is 4.62. The van der Waals surface area contributed by atoms with Crippen LogP contribution in [0, 0.1) is 6.92 Å². The number of rotatable bonds is 7. The van der Waals surface area contributed by atoms with E-state index in [-0.39, 0.29) is 23.9 Å². The van der Waals surface area contributed by atoms with Gasteiger partial charge in [0.15, 0.2) is 0 Å². The van der Waals surface area contributed by atoms with Gasteiger partial charge in [0.25, 0.3) is 0 Å². The molecule has 0 radical (unpaired) electrons. The van der Waals surface area contributed by atoms with E-state index in [4.69, 9.17) is 9.47 Å². The number of amides is 2. The van der Waals surface area contributed by atoms with Crippen molar-refractivity contribution < 1.29 is 27.5 Å². The zero-order chi connectivity index (χ0) is 21.6. The van der Waals surface area contributed by atoms with Gasteiger partial charge in [0.05, 0.1) is 25.2 Å². The highest BCUT2D eigenvalue weighted by molar-refractivity contribution is 7.89. The van der Waals surface area contributed by atoms with Gasteiger partial charge in [-0.05, 0) is 37.6 Å². The third-order valence-electron chi connectivity index (χ3n) is 4.83. The van der Waals surface area contributed by atoms with Crippen molar-refractivity contribution in [1.82, 2.24) is 14.1 Å². The Balaban J connectivity index is 2.04. The molecule has 29 heavy (non-hydrogen) atoms. The minimum Gasteiger partial charge on any atom is -0.496 e. The summed E-state index contributed by atoms with van der Waals surface area (Å²) in [6.45, 7) is 6.83. The largest absolute Gasteiger partial charge is 0.496 e. The van der Waals surface area contributed by atoms with Crippen molar-refractivity contribution in [2.75, 3.05) is 53.0 Å². The molecule has 1 aromatic carbocycles. The maximum Gasteiger partial charge on any atom is 0.409 e. The van der Waals surface area contributed by atoms with Crippen LogP contribution in [0.5, 0.6) is 5.75 Å². The zero-order valence-corrected chi connectivity index (χ0v) is 18.2. The number of ether oxygens (including phenoxy) is 2. The van der Waals surface area contributed by atoms with Gasteiger partial charge in [-0.15, -0.1) is 0 Å². The predicted octanol–water partition coefficient (Wildman–Crippen LogP) is 1.31. The Labute approximate surface area is 172 Å². The van der Waals surface area contributed by atoms with Crippen molar-refractivity contribution in [3.8, 4) is 5.75 Å². The zero-order valence-electron chi connectivity index (χ0n) is 17.4. The van der Waals surface area contributed by atoms with Crippen molar-refractivity contribution in [1.29, 1.82) is 0 Å². The first-order valence-electron chi connectivity index (χ1n) is 9.58. The molecular formula is C19H29N3O6S. The summed E-state index contributed by atoms with van der Waals surface area (Å²) in [4.78, 5) is 27.7. The Hall–Kier alpha value is -2.33. The number of nitrogens with zero attached hydrogens (tertiary/aromatic N) is 3. The van der Waals surface area contributed by atoms with Crippen molar-refractivity contribution in [3.63, 3.8) is 0 Å². The van der Waals surface area contributed by atoms with Gasteiger partial charge in [-0.3, -0.25) is 4.79 Å². The van der Waals surface area contributed by atoms with Crippen molar-refractivity contribution >= 4 is 22.0 Å². The first-order valence-corrected chi connectivity index (χ1v) is 11.0. The Morgan fingerprint density at radius 2 is 1.72 bits per heavy atom. The minimum absolute atomic E-state index is 0.123. The van der Waals surface area contributed by atoms with E-state index in [1.54, 1.807) is 42.7 Å². The molecule has 0 saturated carbocycles. The van der Waals surface area contributed by atoms with Crippen LogP contribution in [0.2, 0.25) is 0 Å². The van der Waals surface area contributed by atoms with E-state index in [2.05, 4.69) is 0 Å². The van der Waals surface area contributed by atoms with E-state index in [1.807, 2.05) is 0 Å². The number of hydrogen-bond donors (Lipinski definition) is 0. The van der Waals surface area contributed by atoms with Crippen LogP contribution in [-0.4, -0.2) is 87.5 Å². The highest BCUT2D eigenvalue weighted by atomic mass is 32.2. The SMILES string of the molecule is CCOC(=O)N1CCN(C(=O)CN(CC)S(=O)(=O)c2ccc(OC)c(C)c2)CC1. The lowest BCUT2D eigenvalue weighted by Gasteiger charge is -2.35. The van der Waals surface area contributed by atoms with E-state index < -0.39 is 16.1 Å². The van der Waals surface area contributed by atoms with Crippen LogP contribution in [0.3, 0.4) is 0 Å². The van der Waals surface area contributed by atoms with Crippen LogP contribution < -0.4 is 4.74 Å². The number of aryl methyl sites for hydroxylation is 1. The third-order valence-corrected chi connectivity index (χ3v) is 6.74. The van der Waals surface area contributed by atoms with Gasteiger partial charge in [0.2, 0.25) is 15.9 Å². The lowest BCUT2D eigenvalue weighted by molar-refractivity contribution is -0.133. The average Bonchev–Trinajstić information content (AvgIpc) is 2.71. The van der Waals surface area contributed by atoms with Gasteiger partial charge in [-0.25, -0.2) is 13.2 Å². The van der Waals surface area contributed by atoms with Crippen molar-refractivity contribution in [2.24, 2.45) is 0 Å². The summed E-state index contributed by atoms with van der Waals surface area (Å²) in [5.41, 5.74) is 0.700. The summed E-state index contributed by atoms with van der Waals surface area (Å²) >= 11 is 0. The maximum atomic E-state index is 13.0. The molecule has 0 unspecified atom stereocenters. The molecule has 0 N–H and O–H groups in total. The summed E-state index contributed by atoms with van der Waals surface area (Å²) in [7, 11) is -2.30. The molecule has 1 fully saturated rings. The number of benzene rings is 1. The van der Waals surface area contributed by atoms with Gasteiger partial charge in [-0.2, -0.15) is 4.31 Å². The van der Waals surface area contributed by atoms with Crippen LogP contribution in [0.25, 0.3) is 0 Å². The third kappa shape index (κ3) is 5.39. The van der Waals surface area contributed by atoms with Crippen molar-refractivity contribution in [2.45, 2.75) is 25.7 Å². The summed E-state index contributed by atoms with van der Waals surface area (Å²) in [6.07, 6.45) is -0.396. The number of methoxy groups -OCH3 is 1.